The van der Waals surface area contributed by atoms with Crippen LogP contribution in [0.4, 0.5) is 0 Å². The molecule has 1 aliphatic rings. The molecule has 0 bridgehead atoms. The lowest BCUT2D eigenvalue weighted by Crippen LogP contribution is -2.34. The molecule has 3 heteroatoms. The topological polar surface area (TPSA) is 43.7 Å². The molecule has 0 saturated carbocycles. The number of hydrogen-bond acceptors (Lipinski definition) is 3. The van der Waals surface area contributed by atoms with Gasteiger partial charge in [-0.25, -0.2) is 0 Å². The first kappa shape index (κ1) is 14.5. The van der Waals surface area contributed by atoms with E-state index in [2.05, 4.69) is 36.9 Å². The summed E-state index contributed by atoms with van der Waals surface area (Å²) in [6.45, 7) is 6.94. The molecule has 1 atom stereocenters. The third-order valence-corrected chi connectivity index (χ3v) is 4.28. The molecule has 1 aliphatic heterocycles. The standard InChI is InChI=1S/C16H25NO2/c1-13-4-5-15(10-14(13)2)11-17-8-3-6-16(19,12-18)7-9-17/h4-5,10,18-19H,3,6-9,11-12H2,1-2H3. The van der Waals surface area contributed by atoms with Crippen molar-refractivity contribution in [3.8, 4) is 0 Å². The van der Waals surface area contributed by atoms with Crippen LogP contribution < -0.4 is 0 Å². The van der Waals surface area contributed by atoms with E-state index in [0.717, 1.165) is 26.1 Å². The van der Waals surface area contributed by atoms with Crippen molar-refractivity contribution >= 4 is 0 Å². The highest BCUT2D eigenvalue weighted by atomic mass is 16.3. The Bertz CT molecular complexity index is 433. The van der Waals surface area contributed by atoms with Crippen LogP contribution in [-0.2, 0) is 6.54 Å². The van der Waals surface area contributed by atoms with Gasteiger partial charge in [-0.3, -0.25) is 4.90 Å². The van der Waals surface area contributed by atoms with E-state index in [-0.39, 0.29) is 6.61 Å². The van der Waals surface area contributed by atoms with Gasteiger partial charge in [-0.05, 0) is 56.3 Å². The van der Waals surface area contributed by atoms with Gasteiger partial charge in [0.1, 0.15) is 0 Å². The highest BCUT2D eigenvalue weighted by Crippen LogP contribution is 2.23. The van der Waals surface area contributed by atoms with E-state index in [1.807, 2.05) is 0 Å². The van der Waals surface area contributed by atoms with E-state index in [1.54, 1.807) is 0 Å². The Morgan fingerprint density at radius 3 is 2.63 bits per heavy atom. The monoisotopic (exact) mass is 263 g/mol. The average Bonchev–Trinajstić information content (AvgIpc) is 2.57. The minimum absolute atomic E-state index is 0.121. The maximum atomic E-state index is 10.1. The molecule has 106 valence electrons. The van der Waals surface area contributed by atoms with Gasteiger partial charge in [-0.1, -0.05) is 18.2 Å². The number of hydrogen-bond donors (Lipinski definition) is 2. The van der Waals surface area contributed by atoms with E-state index in [0.29, 0.717) is 12.8 Å². The smallest absolute Gasteiger partial charge is 0.0890 e. The Balaban J connectivity index is 1.98. The predicted octanol–water partition coefficient (Wildman–Crippen LogP) is 2.01. The minimum atomic E-state index is -0.863. The number of aliphatic hydroxyl groups is 2. The first-order valence-corrected chi connectivity index (χ1v) is 7.14. The molecule has 1 saturated heterocycles. The van der Waals surface area contributed by atoms with Gasteiger partial charge in [-0.15, -0.1) is 0 Å². The summed E-state index contributed by atoms with van der Waals surface area (Å²) in [6, 6.07) is 6.61. The first-order valence-electron chi connectivity index (χ1n) is 7.14. The fraction of sp³-hybridized carbons (Fsp3) is 0.625. The number of rotatable bonds is 3. The van der Waals surface area contributed by atoms with Crippen molar-refractivity contribution in [2.24, 2.45) is 0 Å². The van der Waals surface area contributed by atoms with Crippen LogP contribution in [0.5, 0.6) is 0 Å². The molecule has 1 heterocycles. The Hall–Kier alpha value is -0.900. The molecule has 1 aromatic rings. The van der Waals surface area contributed by atoms with E-state index >= 15 is 0 Å². The third kappa shape index (κ3) is 3.78. The summed E-state index contributed by atoms with van der Waals surface area (Å²) < 4.78 is 0. The van der Waals surface area contributed by atoms with E-state index in [9.17, 15) is 10.2 Å². The molecule has 1 unspecified atom stereocenters. The Morgan fingerprint density at radius 1 is 1.16 bits per heavy atom. The quantitative estimate of drug-likeness (QED) is 0.877. The van der Waals surface area contributed by atoms with Gasteiger partial charge >= 0.3 is 0 Å². The lowest BCUT2D eigenvalue weighted by molar-refractivity contribution is -0.0255. The van der Waals surface area contributed by atoms with Crippen LogP contribution in [0.15, 0.2) is 18.2 Å². The van der Waals surface area contributed by atoms with Crippen LogP contribution in [0, 0.1) is 13.8 Å². The highest BCUT2D eigenvalue weighted by molar-refractivity contribution is 5.29. The maximum absolute atomic E-state index is 10.1. The molecule has 0 radical (unpaired) electrons. The highest BCUT2D eigenvalue weighted by Gasteiger charge is 2.29. The minimum Gasteiger partial charge on any atom is -0.393 e. The zero-order valence-electron chi connectivity index (χ0n) is 12.0. The number of nitrogens with zero attached hydrogens (tertiary/aromatic N) is 1. The van der Waals surface area contributed by atoms with Crippen LogP contribution in [0.3, 0.4) is 0 Å². The Kier molecular flexibility index (Phi) is 4.61. The zero-order chi connectivity index (χ0) is 13.9. The van der Waals surface area contributed by atoms with E-state index < -0.39 is 5.60 Å². The van der Waals surface area contributed by atoms with Crippen molar-refractivity contribution in [3.63, 3.8) is 0 Å². The molecule has 0 spiro atoms. The summed E-state index contributed by atoms with van der Waals surface area (Å²) in [7, 11) is 0. The summed E-state index contributed by atoms with van der Waals surface area (Å²) in [5.41, 5.74) is 3.13. The summed E-state index contributed by atoms with van der Waals surface area (Å²) in [5, 5.41) is 19.4. The normalized spacial score (nSPS) is 25.3. The molecular weight excluding hydrogens is 238 g/mol. The lowest BCUT2D eigenvalue weighted by atomic mass is 9.96. The van der Waals surface area contributed by atoms with Crippen LogP contribution >= 0.6 is 0 Å². The van der Waals surface area contributed by atoms with Gasteiger partial charge < -0.3 is 10.2 Å². The molecule has 0 aliphatic carbocycles. The molecular formula is C16H25NO2. The summed E-state index contributed by atoms with van der Waals surface area (Å²) >= 11 is 0. The fourth-order valence-electron chi connectivity index (χ4n) is 2.71. The summed E-state index contributed by atoms with van der Waals surface area (Å²) in [6.07, 6.45) is 2.31. The lowest BCUT2D eigenvalue weighted by Gasteiger charge is -2.24. The molecule has 1 aromatic carbocycles. The molecule has 1 fully saturated rings. The van der Waals surface area contributed by atoms with E-state index in [1.165, 1.54) is 16.7 Å². The Morgan fingerprint density at radius 2 is 1.95 bits per heavy atom. The van der Waals surface area contributed by atoms with Gasteiger partial charge in [0, 0.05) is 13.1 Å². The SMILES string of the molecule is Cc1ccc(CN2CCCC(O)(CO)CC2)cc1C. The van der Waals surface area contributed by atoms with Crippen molar-refractivity contribution in [2.45, 2.75) is 45.3 Å². The summed E-state index contributed by atoms with van der Waals surface area (Å²) in [4.78, 5) is 2.37. The number of likely N-dealkylation sites (tertiary alicyclic amines) is 1. The molecule has 0 aromatic heterocycles. The predicted molar refractivity (Wildman–Crippen MR) is 77.1 cm³/mol. The van der Waals surface area contributed by atoms with Crippen molar-refractivity contribution < 1.29 is 10.2 Å². The second kappa shape index (κ2) is 6.04. The van der Waals surface area contributed by atoms with Gasteiger partial charge in [-0.2, -0.15) is 0 Å². The van der Waals surface area contributed by atoms with Crippen molar-refractivity contribution in [2.75, 3.05) is 19.7 Å². The molecule has 0 amide bonds. The first-order chi connectivity index (χ1) is 9.02. The van der Waals surface area contributed by atoms with Crippen LogP contribution in [-0.4, -0.2) is 40.4 Å². The van der Waals surface area contributed by atoms with Gasteiger partial charge in [0.15, 0.2) is 0 Å². The van der Waals surface area contributed by atoms with Crippen LogP contribution in [0.25, 0.3) is 0 Å². The maximum Gasteiger partial charge on any atom is 0.0890 e. The van der Waals surface area contributed by atoms with E-state index in [4.69, 9.17) is 0 Å². The van der Waals surface area contributed by atoms with Gasteiger partial charge in [0.25, 0.3) is 0 Å². The third-order valence-electron chi connectivity index (χ3n) is 4.28. The summed E-state index contributed by atoms with van der Waals surface area (Å²) in [5.74, 6) is 0. The average molecular weight is 263 g/mol. The van der Waals surface area contributed by atoms with Gasteiger partial charge in [0.2, 0.25) is 0 Å². The van der Waals surface area contributed by atoms with Crippen LogP contribution in [0.1, 0.15) is 36.0 Å². The molecule has 2 rings (SSSR count). The fourth-order valence-corrected chi connectivity index (χ4v) is 2.71. The van der Waals surface area contributed by atoms with Crippen molar-refractivity contribution in [1.29, 1.82) is 0 Å². The molecule has 2 N–H and O–H groups in total. The molecule has 3 nitrogen and oxygen atoms in total. The van der Waals surface area contributed by atoms with Crippen LogP contribution in [0.2, 0.25) is 0 Å². The number of benzene rings is 1. The second-order valence-corrected chi connectivity index (χ2v) is 5.93. The number of aliphatic hydroxyl groups excluding tert-OH is 1. The van der Waals surface area contributed by atoms with Crippen molar-refractivity contribution in [3.05, 3.63) is 34.9 Å². The van der Waals surface area contributed by atoms with Crippen molar-refractivity contribution in [1.82, 2.24) is 4.90 Å². The largest absolute Gasteiger partial charge is 0.393 e. The Labute approximate surface area is 115 Å². The van der Waals surface area contributed by atoms with Gasteiger partial charge in [0.05, 0.1) is 12.2 Å². The molecule has 19 heavy (non-hydrogen) atoms. The number of aryl methyl sites for hydroxylation is 2. The second-order valence-electron chi connectivity index (χ2n) is 5.93. The zero-order valence-corrected chi connectivity index (χ0v) is 12.0.